The van der Waals surface area contributed by atoms with Gasteiger partial charge in [0, 0.05) is 13.6 Å². The summed E-state index contributed by atoms with van der Waals surface area (Å²) in [5, 5.41) is 0.350. The van der Waals surface area contributed by atoms with E-state index in [1.807, 2.05) is 57.8 Å². The van der Waals surface area contributed by atoms with Crippen molar-refractivity contribution in [1.29, 1.82) is 0 Å². The van der Waals surface area contributed by atoms with Crippen molar-refractivity contribution in [2.24, 2.45) is 0 Å². The standard InChI is InChI=1S/C18H23BClN3O2/c1-17(2)18(3,4)25-19(24-17)14-15(20)21-12-22-16(14)23(5)11-13-9-7-6-8-10-13/h6-10,12H,11H2,1-5H3. The van der Waals surface area contributed by atoms with Gasteiger partial charge in [-0.05, 0) is 33.3 Å². The summed E-state index contributed by atoms with van der Waals surface area (Å²) in [5.74, 6) is 0.711. The molecule has 1 fully saturated rings. The maximum atomic E-state index is 6.40. The van der Waals surface area contributed by atoms with Gasteiger partial charge in [-0.3, -0.25) is 0 Å². The summed E-state index contributed by atoms with van der Waals surface area (Å²) < 4.78 is 12.3. The Labute approximate surface area is 154 Å². The fourth-order valence-electron chi connectivity index (χ4n) is 2.77. The molecule has 5 nitrogen and oxygen atoms in total. The molecule has 0 atom stereocenters. The first-order chi connectivity index (χ1) is 11.7. The summed E-state index contributed by atoms with van der Waals surface area (Å²) in [4.78, 5) is 10.6. The predicted octanol–water partition coefficient (Wildman–Crippen LogP) is 3.07. The van der Waals surface area contributed by atoms with Crippen LogP contribution in [0, 0.1) is 0 Å². The molecule has 1 aliphatic heterocycles. The fraction of sp³-hybridized carbons (Fsp3) is 0.444. The average Bonchev–Trinajstić information content (AvgIpc) is 2.75. The lowest BCUT2D eigenvalue weighted by Crippen LogP contribution is -2.41. The van der Waals surface area contributed by atoms with Crippen LogP contribution in [0.3, 0.4) is 0 Å². The molecule has 2 heterocycles. The van der Waals surface area contributed by atoms with E-state index >= 15 is 0 Å². The highest BCUT2D eigenvalue weighted by atomic mass is 35.5. The molecule has 25 heavy (non-hydrogen) atoms. The minimum Gasteiger partial charge on any atom is -0.399 e. The summed E-state index contributed by atoms with van der Waals surface area (Å²) in [6.07, 6.45) is 1.47. The van der Waals surface area contributed by atoms with Gasteiger partial charge in [0.1, 0.15) is 17.3 Å². The third-order valence-corrected chi connectivity index (χ3v) is 5.23. The lowest BCUT2D eigenvalue weighted by Gasteiger charge is -2.32. The summed E-state index contributed by atoms with van der Waals surface area (Å²) in [6.45, 7) is 8.74. The third-order valence-electron chi connectivity index (χ3n) is 4.93. The zero-order valence-corrected chi connectivity index (χ0v) is 16.0. The quantitative estimate of drug-likeness (QED) is 0.620. The van der Waals surface area contributed by atoms with E-state index in [0.717, 1.165) is 0 Å². The van der Waals surface area contributed by atoms with Crippen molar-refractivity contribution in [3.8, 4) is 0 Å². The largest absolute Gasteiger partial charge is 0.501 e. The molecule has 0 unspecified atom stereocenters. The minimum absolute atomic E-state index is 0.350. The number of rotatable bonds is 4. The van der Waals surface area contributed by atoms with Crippen LogP contribution in [0.4, 0.5) is 5.82 Å². The maximum absolute atomic E-state index is 6.40. The van der Waals surface area contributed by atoms with E-state index in [2.05, 4.69) is 22.1 Å². The lowest BCUT2D eigenvalue weighted by atomic mass is 9.80. The van der Waals surface area contributed by atoms with E-state index in [0.29, 0.717) is 23.0 Å². The Bertz CT molecular complexity index is 739. The molecular weight excluding hydrogens is 336 g/mol. The summed E-state index contributed by atoms with van der Waals surface area (Å²) >= 11 is 6.40. The van der Waals surface area contributed by atoms with E-state index in [-0.39, 0.29) is 0 Å². The molecule has 0 aliphatic carbocycles. The molecule has 1 aromatic carbocycles. The number of benzene rings is 1. The number of hydrogen-bond acceptors (Lipinski definition) is 5. The van der Waals surface area contributed by atoms with Crippen LogP contribution in [0.15, 0.2) is 36.7 Å². The van der Waals surface area contributed by atoms with Gasteiger partial charge in [-0.25, -0.2) is 9.97 Å². The van der Waals surface area contributed by atoms with Gasteiger partial charge in [0.25, 0.3) is 0 Å². The molecule has 132 valence electrons. The Morgan fingerprint density at radius 3 is 2.24 bits per heavy atom. The normalized spacial score (nSPS) is 18.4. The van der Waals surface area contributed by atoms with E-state index in [9.17, 15) is 0 Å². The molecular formula is C18H23BClN3O2. The number of halogens is 1. The van der Waals surface area contributed by atoms with Crippen LogP contribution in [-0.4, -0.2) is 35.3 Å². The van der Waals surface area contributed by atoms with Gasteiger partial charge in [-0.1, -0.05) is 41.9 Å². The Balaban J connectivity index is 1.93. The van der Waals surface area contributed by atoms with Crippen molar-refractivity contribution < 1.29 is 9.31 Å². The van der Waals surface area contributed by atoms with Crippen molar-refractivity contribution in [3.05, 3.63) is 47.4 Å². The monoisotopic (exact) mass is 359 g/mol. The molecule has 3 rings (SSSR count). The topological polar surface area (TPSA) is 47.5 Å². The van der Waals surface area contributed by atoms with Crippen LogP contribution in [0.25, 0.3) is 0 Å². The molecule has 7 heteroatoms. The smallest absolute Gasteiger partial charge is 0.399 e. The van der Waals surface area contributed by atoms with E-state index in [1.54, 1.807) is 0 Å². The first-order valence-electron chi connectivity index (χ1n) is 8.32. The van der Waals surface area contributed by atoms with Gasteiger partial charge in [-0.15, -0.1) is 0 Å². The minimum atomic E-state index is -0.605. The number of hydrogen-bond donors (Lipinski definition) is 0. The van der Waals surface area contributed by atoms with Crippen LogP contribution in [0.5, 0.6) is 0 Å². The number of anilines is 1. The molecule has 0 N–H and O–H groups in total. The zero-order chi connectivity index (χ0) is 18.2. The maximum Gasteiger partial charge on any atom is 0.501 e. The van der Waals surface area contributed by atoms with Gasteiger partial charge in [0.2, 0.25) is 0 Å². The Kier molecular flexibility index (Phi) is 4.79. The third kappa shape index (κ3) is 3.52. The van der Waals surface area contributed by atoms with Gasteiger partial charge in [0.15, 0.2) is 0 Å². The second-order valence-corrected chi connectivity index (χ2v) is 7.69. The van der Waals surface area contributed by atoms with Gasteiger partial charge in [0.05, 0.1) is 16.7 Å². The number of nitrogens with zero attached hydrogens (tertiary/aromatic N) is 3. The second kappa shape index (κ2) is 6.59. The Morgan fingerprint density at radius 1 is 1.04 bits per heavy atom. The zero-order valence-electron chi connectivity index (χ0n) is 15.3. The Morgan fingerprint density at radius 2 is 1.64 bits per heavy atom. The highest BCUT2D eigenvalue weighted by molar-refractivity contribution is 6.67. The van der Waals surface area contributed by atoms with Crippen molar-refractivity contribution in [2.45, 2.75) is 45.4 Å². The van der Waals surface area contributed by atoms with Crippen molar-refractivity contribution >= 4 is 30.0 Å². The first-order valence-corrected chi connectivity index (χ1v) is 8.70. The molecule has 0 spiro atoms. The average molecular weight is 360 g/mol. The van der Waals surface area contributed by atoms with Gasteiger partial charge >= 0.3 is 7.12 Å². The summed E-state index contributed by atoms with van der Waals surface area (Å²) in [5.41, 5.74) is 0.943. The molecule has 0 bridgehead atoms. The Hall–Kier alpha value is -1.63. The van der Waals surface area contributed by atoms with E-state index in [4.69, 9.17) is 20.9 Å². The van der Waals surface area contributed by atoms with Gasteiger partial charge in [-0.2, -0.15) is 0 Å². The molecule has 1 aromatic heterocycles. The molecule has 1 aliphatic rings. The lowest BCUT2D eigenvalue weighted by molar-refractivity contribution is 0.00578. The molecule has 0 saturated carbocycles. The van der Waals surface area contributed by atoms with Crippen LogP contribution in [0.1, 0.15) is 33.3 Å². The molecule has 0 amide bonds. The van der Waals surface area contributed by atoms with Crippen molar-refractivity contribution in [2.75, 3.05) is 11.9 Å². The molecule has 1 saturated heterocycles. The van der Waals surface area contributed by atoms with Crippen molar-refractivity contribution in [3.63, 3.8) is 0 Å². The number of aromatic nitrogens is 2. The van der Waals surface area contributed by atoms with Gasteiger partial charge < -0.3 is 14.2 Å². The summed E-state index contributed by atoms with van der Waals surface area (Å²) in [6, 6.07) is 10.2. The molecule has 0 radical (unpaired) electrons. The highest BCUT2D eigenvalue weighted by Gasteiger charge is 2.53. The van der Waals surface area contributed by atoms with Crippen molar-refractivity contribution in [1.82, 2.24) is 9.97 Å². The first kappa shape index (κ1) is 18.2. The summed E-state index contributed by atoms with van der Waals surface area (Å²) in [7, 11) is 1.37. The van der Waals surface area contributed by atoms with Crippen LogP contribution < -0.4 is 10.4 Å². The van der Waals surface area contributed by atoms with Crippen LogP contribution in [0.2, 0.25) is 5.15 Å². The van der Waals surface area contributed by atoms with E-state index < -0.39 is 18.3 Å². The van der Waals surface area contributed by atoms with E-state index in [1.165, 1.54) is 11.9 Å². The highest BCUT2D eigenvalue weighted by Crippen LogP contribution is 2.37. The SMILES string of the molecule is CN(Cc1ccccc1)c1ncnc(Cl)c1B1OC(C)(C)C(C)(C)O1. The fourth-order valence-corrected chi connectivity index (χ4v) is 2.98. The van der Waals surface area contributed by atoms with Crippen LogP contribution in [-0.2, 0) is 15.9 Å². The van der Waals surface area contributed by atoms with Crippen LogP contribution >= 0.6 is 11.6 Å². The predicted molar refractivity (Wildman–Crippen MR) is 101 cm³/mol. The molecule has 2 aromatic rings. The second-order valence-electron chi connectivity index (χ2n) is 7.33.